The van der Waals surface area contributed by atoms with Crippen molar-refractivity contribution in [3.8, 4) is 0 Å². The second-order valence-electron chi connectivity index (χ2n) is 5.92. The van der Waals surface area contributed by atoms with Crippen LogP contribution in [0.1, 0.15) is 37.8 Å². The van der Waals surface area contributed by atoms with Crippen molar-refractivity contribution >= 4 is 27.2 Å². The van der Waals surface area contributed by atoms with Crippen molar-refractivity contribution in [1.82, 2.24) is 4.31 Å². The second-order valence-corrected chi connectivity index (χ2v) is 8.28. The Hall–Kier alpha value is -0.980. The maximum atomic E-state index is 12.6. The molecule has 0 amide bonds. The van der Waals surface area contributed by atoms with Crippen LogP contribution in [-0.2, 0) is 15.8 Å². The van der Waals surface area contributed by atoms with Crippen molar-refractivity contribution in [2.24, 2.45) is 11.7 Å². The highest BCUT2D eigenvalue weighted by Crippen LogP contribution is 2.25. The molecule has 2 rings (SSSR count). The minimum atomic E-state index is -3.28. The molecule has 0 aromatic heterocycles. The molecule has 1 saturated heterocycles. The maximum absolute atomic E-state index is 12.6. The summed E-state index contributed by atoms with van der Waals surface area (Å²) < 4.78 is 26.9. The number of hydrogen-bond acceptors (Lipinski definition) is 3. The van der Waals surface area contributed by atoms with Crippen LogP contribution in [0.15, 0.2) is 24.3 Å². The Morgan fingerprint density at radius 3 is 2.48 bits per heavy atom. The minimum Gasteiger partial charge on any atom is -0.389 e. The summed E-state index contributed by atoms with van der Waals surface area (Å²) in [6.45, 7) is 4.71. The van der Waals surface area contributed by atoms with Crippen LogP contribution in [-0.4, -0.2) is 30.3 Å². The molecule has 6 heteroatoms. The lowest BCUT2D eigenvalue weighted by Gasteiger charge is -2.35. The lowest BCUT2D eigenvalue weighted by atomic mass is 9.97. The molecule has 0 saturated carbocycles. The lowest BCUT2D eigenvalue weighted by molar-refractivity contribution is 0.217. The lowest BCUT2D eigenvalue weighted by Crippen LogP contribution is -2.45. The molecule has 1 aliphatic heterocycles. The number of benzene rings is 1. The van der Waals surface area contributed by atoms with Gasteiger partial charge in [-0.3, -0.25) is 0 Å². The van der Waals surface area contributed by atoms with E-state index in [0.717, 1.165) is 24.0 Å². The molecule has 0 bridgehead atoms. The monoisotopic (exact) mass is 326 g/mol. The molecular weight excluding hydrogens is 304 g/mol. The smallest absolute Gasteiger partial charge is 0.218 e. The van der Waals surface area contributed by atoms with Crippen molar-refractivity contribution in [2.75, 3.05) is 6.54 Å². The minimum absolute atomic E-state index is 0.0294. The molecule has 1 heterocycles. The molecule has 1 aromatic rings. The van der Waals surface area contributed by atoms with E-state index in [1.165, 1.54) is 0 Å². The molecule has 0 aliphatic carbocycles. The third-order valence-corrected chi connectivity index (χ3v) is 6.16. The van der Waals surface area contributed by atoms with E-state index in [1.807, 2.05) is 6.92 Å². The Morgan fingerprint density at radius 1 is 1.29 bits per heavy atom. The van der Waals surface area contributed by atoms with Gasteiger partial charge in [0.25, 0.3) is 0 Å². The van der Waals surface area contributed by atoms with E-state index < -0.39 is 10.0 Å². The summed E-state index contributed by atoms with van der Waals surface area (Å²) in [5.41, 5.74) is 7.07. The SMILES string of the molecule is CC1CCC(C)N(S(=O)(=O)Cc2ccc(C(N)=S)cc2)C1. The largest absolute Gasteiger partial charge is 0.389 e. The molecule has 2 N–H and O–H groups in total. The quantitative estimate of drug-likeness (QED) is 0.862. The normalized spacial score (nSPS) is 23.9. The highest BCUT2D eigenvalue weighted by atomic mass is 32.2. The van der Waals surface area contributed by atoms with E-state index in [-0.39, 0.29) is 11.8 Å². The zero-order valence-electron chi connectivity index (χ0n) is 12.5. The number of nitrogens with zero attached hydrogens (tertiary/aromatic N) is 1. The van der Waals surface area contributed by atoms with Gasteiger partial charge in [-0.25, -0.2) is 8.42 Å². The molecule has 1 aliphatic rings. The van der Waals surface area contributed by atoms with Gasteiger partial charge in [-0.2, -0.15) is 4.31 Å². The van der Waals surface area contributed by atoms with Crippen molar-refractivity contribution < 1.29 is 8.42 Å². The van der Waals surface area contributed by atoms with Gasteiger partial charge < -0.3 is 5.73 Å². The summed E-state index contributed by atoms with van der Waals surface area (Å²) in [6, 6.07) is 7.20. The Balaban J connectivity index is 2.14. The average Bonchev–Trinajstić information content (AvgIpc) is 2.41. The zero-order chi connectivity index (χ0) is 15.6. The first kappa shape index (κ1) is 16.4. The molecule has 4 nitrogen and oxygen atoms in total. The third-order valence-electron chi connectivity index (χ3n) is 4.01. The zero-order valence-corrected chi connectivity index (χ0v) is 14.1. The topological polar surface area (TPSA) is 63.4 Å². The Kier molecular flexibility index (Phi) is 5.01. The molecule has 0 radical (unpaired) electrons. The number of piperidine rings is 1. The molecule has 116 valence electrons. The van der Waals surface area contributed by atoms with Crippen LogP contribution in [0.4, 0.5) is 0 Å². The molecule has 1 aromatic carbocycles. The summed E-state index contributed by atoms with van der Waals surface area (Å²) in [6.07, 6.45) is 2.02. The van der Waals surface area contributed by atoms with Crippen molar-refractivity contribution in [2.45, 2.75) is 38.5 Å². The molecule has 21 heavy (non-hydrogen) atoms. The fraction of sp³-hybridized carbons (Fsp3) is 0.533. The Morgan fingerprint density at radius 2 is 1.90 bits per heavy atom. The highest BCUT2D eigenvalue weighted by molar-refractivity contribution is 7.88. The van der Waals surface area contributed by atoms with Gasteiger partial charge in [-0.05, 0) is 31.2 Å². The van der Waals surface area contributed by atoms with E-state index in [4.69, 9.17) is 18.0 Å². The Labute approximate surface area is 132 Å². The van der Waals surface area contributed by atoms with Crippen LogP contribution in [0.3, 0.4) is 0 Å². The van der Waals surface area contributed by atoms with Crippen LogP contribution in [0.25, 0.3) is 0 Å². The average molecular weight is 326 g/mol. The van der Waals surface area contributed by atoms with Crippen molar-refractivity contribution in [3.05, 3.63) is 35.4 Å². The summed E-state index contributed by atoms with van der Waals surface area (Å²) in [7, 11) is -3.28. The predicted octanol–water partition coefficient (Wildman–Crippen LogP) is 2.27. The molecule has 2 unspecified atom stereocenters. The molecule has 1 fully saturated rings. The Bertz CT molecular complexity index is 611. The van der Waals surface area contributed by atoms with Gasteiger partial charge in [0.1, 0.15) is 4.99 Å². The summed E-state index contributed by atoms with van der Waals surface area (Å²) >= 11 is 4.90. The van der Waals surface area contributed by atoms with Gasteiger partial charge >= 0.3 is 0 Å². The van der Waals surface area contributed by atoms with E-state index in [9.17, 15) is 8.42 Å². The molecule has 0 spiro atoms. The molecular formula is C15H22N2O2S2. The van der Waals surface area contributed by atoms with Crippen LogP contribution in [0.2, 0.25) is 0 Å². The van der Waals surface area contributed by atoms with E-state index in [1.54, 1.807) is 28.6 Å². The standard InChI is InChI=1S/C15H22N2O2S2/c1-11-3-4-12(2)17(9-11)21(18,19)10-13-5-7-14(8-6-13)15(16)20/h5-8,11-12H,3-4,9-10H2,1-2H3,(H2,16,20). The van der Waals surface area contributed by atoms with Crippen molar-refractivity contribution in [1.29, 1.82) is 0 Å². The first-order valence-electron chi connectivity index (χ1n) is 7.18. The second kappa shape index (κ2) is 6.42. The van der Waals surface area contributed by atoms with E-state index in [2.05, 4.69) is 6.92 Å². The van der Waals surface area contributed by atoms with Crippen LogP contribution in [0.5, 0.6) is 0 Å². The summed E-state index contributed by atoms with van der Waals surface area (Å²) in [5, 5.41) is 0. The first-order chi connectivity index (χ1) is 9.79. The van der Waals surface area contributed by atoms with Gasteiger partial charge in [0.2, 0.25) is 10.0 Å². The number of hydrogen-bond donors (Lipinski definition) is 1. The maximum Gasteiger partial charge on any atom is 0.218 e. The van der Waals surface area contributed by atoms with E-state index in [0.29, 0.717) is 17.5 Å². The molecule has 2 atom stereocenters. The fourth-order valence-electron chi connectivity index (χ4n) is 2.69. The summed E-state index contributed by atoms with van der Waals surface area (Å²) in [5.74, 6) is 0.453. The van der Waals surface area contributed by atoms with Gasteiger partial charge in [-0.15, -0.1) is 0 Å². The van der Waals surface area contributed by atoms with Crippen LogP contribution >= 0.6 is 12.2 Å². The number of nitrogens with two attached hydrogens (primary N) is 1. The summed E-state index contributed by atoms with van der Waals surface area (Å²) in [4.78, 5) is 0.322. The van der Waals surface area contributed by atoms with Gasteiger partial charge in [-0.1, -0.05) is 43.4 Å². The van der Waals surface area contributed by atoms with Crippen LogP contribution in [0, 0.1) is 5.92 Å². The number of rotatable bonds is 4. The predicted molar refractivity (Wildman–Crippen MR) is 89.5 cm³/mol. The number of sulfonamides is 1. The van der Waals surface area contributed by atoms with Gasteiger partial charge in [0, 0.05) is 18.2 Å². The highest BCUT2D eigenvalue weighted by Gasteiger charge is 2.32. The fourth-order valence-corrected chi connectivity index (χ4v) is 4.75. The van der Waals surface area contributed by atoms with E-state index >= 15 is 0 Å². The first-order valence-corrected chi connectivity index (χ1v) is 9.19. The van der Waals surface area contributed by atoms with Gasteiger partial charge in [0.15, 0.2) is 0 Å². The van der Waals surface area contributed by atoms with Crippen LogP contribution < -0.4 is 5.73 Å². The van der Waals surface area contributed by atoms with Gasteiger partial charge in [0.05, 0.1) is 5.75 Å². The third kappa shape index (κ3) is 4.02. The van der Waals surface area contributed by atoms with Crippen molar-refractivity contribution in [3.63, 3.8) is 0 Å². The number of thiocarbonyl (C=S) groups is 1.